The van der Waals surface area contributed by atoms with Crippen LogP contribution in [0.4, 0.5) is 0 Å². The van der Waals surface area contributed by atoms with Crippen LogP contribution in [0, 0.1) is 24.3 Å². The summed E-state index contributed by atoms with van der Waals surface area (Å²) in [6.45, 7) is 3.45. The lowest BCUT2D eigenvalue weighted by Crippen LogP contribution is -2.41. The van der Waals surface area contributed by atoms with Crippen LogP contribution in [0.3, 0.4) is 0 Å². The first-order valence-electron chi connectivity index (χ1n) is 11.3. The summed E-state index contributed by atoms with van der Waals surface area (Å²) in [6.07, 6.45) is 15.7. The van der Waals surface area contributed by atoms with Crippen molar-refractivity contribution >= 4 is 17.8 Å². The molecule has 3 N–H and O–H groups in total. The smallest absolute Gasteiger partial charge is 0.242 e. The minimum absolute atomic E-state index is 0.0974. The number of fused-ring (bicyclic) bond motifs is 1. The van der Waals surface area contributed by atoms with Gasteiger partial charge in [0.1, 0.15) is 0 Å². The Kier molecular flexibility index (Phi) is 11.1. The zero-order chi connectivity index (χ0) is 24.8. The number of carbonyl (C=O) groups is 2. The van der Waals surface area contributed by atoms with Crippen LogP contribution in [0.2, 0.25) is 0 Å². The standard InChI is InChI=1S/C12H20N2O2.C10H10N4O2.C2H2/c15-11-6-2-1-3-9-14(11)10-12(16)13-7-4-5-8-13;11-5-14-10(12)13-4-7-1-2-8-9(3-7)16-6-15-8;1-2/h1-10H2;1-3H,4,6H2,(H3,12,13,14);1-2H. The highest BCUT2D eigenvalue weighted by Crippen LogP contribution is 2.32. The SMILES string of the molecule is C#C.N#CNC(N)=NCc1ccc2c(c1)OCO2.O=C(CN1CCCCCC1=O)N1CCCC1. The normalized spacial score (nSPS) is 16.9. The van der Waals surface area contributed by atoms with E-state index in [9.17, 15) is 9.59 Å². The molecule has 3 aliphatic heterocycles. The van der Waals surface area contributed by atoms with Gasteiger partial charge in [-0.3, -0.25) is 14.9 Å². The van der Waals surface area contributed by atoms with Gasteiger partial charge in [0, 0.05) is 26.1 Å². The van der Waals surface area contributed by atoms with Crippen LogP contribution >= 0.6 is 0 Å². The highest BCUT2D eigenvalue weighted by atomic mass is 16.7. The molecule has 4 rings (SSSR count). The first kappa shape index (κ1) is 26.3. The van der Waals surface area contributed by atoms with Crippen LogP contribution in [0.25, 0.3) is 0 Å². The van der Waals surface area contributed by atoms with Gasteiger partial charge in [-0.1, -0.05) is 12.5 Å². The average Bonchev–Trinajstić information content (AvgIpc) is 3.52. The van der Waals surface area contributed by atoms with Gasteiger partial charge >= 0.3 is 0 Å². The van der Waals surface area contributed by atoms with E-state index in [-0.39, 0.29) is 24.6 Å². The summed E-state index contributed by atoms with van der Waals surface area (Å²) in [4.78, 5) is 31.2. The molecule has 0 unspecified atom stereocenters. The molecule has 2 amide bonds. The Morgan fingerprint density at radius 1 is 1.12 bits per heavy atom. The molecule has 182 valence electrons. The molecule has 34 heavy (non-hydrogen) atoms. The second-order valence-electron chi connectivity index (χ2n) is 7.84. The van der Waals surface area contributed by atoms with E-state index >= 15 is 0 Å². The lowest BCUT2D eigenvalue weighted by Gasteiger charge is -2.23. The van der Waals surface area contributed by atoms with Crippen LogP contribution < -0.4 is 20.5 Å². The zero-order valence-electron chi connectivity index (χ0n) is 19.4. The average molecular weight is 469 g/mol. The highest BCUT2D eigenvalue weighted by molar-refractivity contribution is 5.85. The largest absolute Gasteiger partial charge is 0.454 e. The third kappa shape index (κ3) is 8.21. The zero-order valence-corrected chi connectivity index (χ0v) is 19.4. The fourth-order valence-corrected chi connectivity index (χ4v) is 3.75. The lowest BCUT2D eigenvalue weighted by atomic mass is 10.2. The van der Waals surface area contributed by atoms with E-state index in [2.05, 4.69) is 23.2 Å². The van der Waals surface area contributed by atoms with Crippen molar-refractivity contribution in [2.24, 2.45) is 10.7 Å². The molecule has 0 aliphatic carbocycles. The Balaban J connectivity index is 0.000000224. The number of guanidine groups is 1. The van der Waals surface area contributed by atoms with Crippen molar-refractivity contribution in [1.29, 1.82) is 5.26 Å². The molecule has 1 aromatic carbocycles. The molecule has 3 heterocycles. The Bertz CT molecular complexity index is 918. The Morgan fingerprint density at radius 3 is 2.56 bits per heavy atom. The molecule has 1 aromatic rings. The van der Waals surface area contributed by atoms with Crippen molar-refractivity contribution in [2.75, 3.05) is 33.0 Å². The molecule has 0 bridgehead atoms. The van der Waals surface area contributed by atoms with Crippen molar-refractivity contribution in [3.05, 3.63) is 23.8 Å². The first-order chi connectivity index (χ1) is 16.6. The third-order valence-corrected chi connectivity index (χ3v) is 5.51. The van der Waals surface area contributed by atoms with Crippen LogP contribution in [-0.2, 0) is 16.1 Å². The lowest BCUT2D eigenvalue weighted by molar-refractivity contribution is -0.139. The summed E-state index contributed by atoms with van der Waals surface area (Å²) in [7, 11) is 0. The topological polar surface area (TPSA) is 133 Å². The van der Waals surface area contributed by atoms with Gasteiger partial charge in [0.2, 0.25) is 24.6 Å². The van der Waals surface area contributed by atoms with Crippen LogP contribution in [0.5, 0.6) is 11.5 Å². The number of ether oxygens (including phenoxy) is 2. The predicted octanol–water partition coefficient (Wildman–Crippen LogP) is 1.56. The summed E-state index contributed by atoms with van der Waals surface area (Å²) in [5, 5.41) is 10.5. The molecule has 0 saturated carbocycles. The van der Waals surface area contributed by atoms with E-state index in [1.165, 1.54) is 0 Å². The summed E-state index contributed by atoms with van der Waals surface area (Å²) in [6, 6.07) is 5.53. The van der Waals surface area contributed by atoms with Gasteiger partial charge in [-0.15, -0.1) is 12.8 Å². The molecule has 0 atom stereocenters. The molecule has 2 fully saturated rings. The van der Waals surface area contributed by atoms with Gasteiger partial charge in [-0.05, 0) is 43.4 Å². The van der Waals surface area contributed by atoms with Gasteiger partial charge in [0.25, 0.3) is 0 Å². The van der Waals surface area contributed by atoms with Crippen molar-refractivity contribution in [2.45, 2.75) is 45.1 Å². The maximum atomic E-state index is 11.9. The number of carbonyl (C=O) groups excluding carboxylic acids is 2. The Morgan fingerprint density at radius 2 is 1.82 bits per heavy atom. The first-order valence-corrected chi connectivity index (χ1v) is 11.3. The Labute approximate surface area is 200 Å². The monoisotopic (exact) mass is 468 g/mol. The van der Waals surface area contributed by atoms with Crippen molar-refractivity contribution in [3.63, 3.8) is 0 Å². The van der Waals surface area contributed by atoms with Crippen LogP contribution in [0.1, 0.15) is 44.1 Å². The minimum atomic E-state index is 0.0974. The summed E-state index contributed by atoms with van der Waals surface area (Å²) >= 11 is 0. The third-order valence-electron chi connectivity index (χ3n) is 5.51. The van der Waals surface area contributed by atoms with Crippen molar-refractivity contribution in [1.82, 2.24) is 15.1 Å². The van der Waals surface area contributed by atoms with Crippen LogP contribution in [0.15, 0.2) is 23.2 Å². The second kappa shape index (κ2) is 14.3. The quantitative estimate of drug-likeness (QED) is 0.225. The molecule has 0 aromatic heterocycles. The fraction of sp³-hybridized carbons (Fsp3) is 0.500. The van der Waals surface area contributed by atoms with Gasteiger partial charge in [0.05, 0.1) is 13.1 Å². The summed E-state index contributed by atoms with van der Waals surface area (Å²) < 4.78 is 10.4. The van der Waals surface area contributed by atoms with E-state index in [0.29, 0.717) is 25.3 Å². The molecule has 0 spiro atoms. The number of terminal acetylenes is 1. The van der Waals surface area contributed by atoms with Gasteiger partial charge in [-0.2, -0.15) is 5.26 Å². The van der Waals surface area contributed by atoms with Gasteiger partial charge in [-0.25, -0.2) is 4.99 Å². The number of hydrogen-bond donors (Lipinski definition) is 2. The van der Waals surface area contributed by atoms with Gasteiger partial charge in [0.15, 0.2) is 17.7 Å². The minimum Gasteiger partial charge on any atom is -0.454 e. The molecular formula is C24H32N6O4. The summed E-state index contributed by atoms with van der Waals surface area (Å²) in [5.41, 5.74) is 6.34. The number of aliphatic imine (C=N–C) groups is 1. The number of nitriles is 1. The molecule has 2 saturated heterocycles. The number of nitrogens with two attached hydrogens (primary N) is 1. The van der Waals surface area contributed by atoms with E-state index in [1.54, 1.807) is 11.1 Å². The van der Waals surface area contributed by atoms with E-state index in [1.807, 2.05) is 23.1 Å². The second-order valence-corrected chi connectivity index (χ2v) is 7.84. The Hall–Kier alpha value is -3.92. The van der Waals surface area contributed by atoms with Crippen LogP contribution in [-0.4, -0.2) is 60.5 Å². The number of likely N-dealkylation sites (tertiary alicyclic amines) is 2. The molecule has 10 nitrogen and oxygen atoms in total. The number of hydrogen-bond acceptors (Lipinski definition) is 6. The summed E-state index contributed by atoms with van der Waals surface area (Å²) in [5.74, 6) is 1.83. The fourth-order valence-electron chi connectivity index (χ4n) is 3.75. The molecule has 0 radical (unpaired) electrons. The molecular weight excluding hydrogens is 436 g/mol. The maximum absolute atomic E-state index is 11.9. The molecule has 10 heteroatoms. The number of nitrogens with zero attached hydrogens (tertiary/aromatic N) is 4. The van der Waals surface area contributed by atoms with Gasteiger partial charge < -0.3 is 25.0 Å². The van der Waals surface area contributed by atoms with E-state index in [0.717, 1.165) is 63.1 Å². The van der Waals surface area contributed by atoms with E-state index in [4.69, 9.17) is 20.5 Å². The number of nitrogens with one attached hydrogen (secondary N) is 1. The maximum Gasteiger partial charge on any atom is 0.242 e. The molecule has 3 aliphatic rings. The number of benzene rings is 1. The predicted molar refractivity (Wildman–Crippen MR) is 127 cm³/mol. The highest BCUT2D eigenvalue weighted by Gasteiger charge is 2.23. The van der Waals surface area contributed by atoms with E-state index < -0.39 is 0 Å². The van der Waals surface area contributed by atoms with Crippen molar-refractivity contribution < 1.29 is 19.1 Å². The number of amides is 2. The van der Waals surface area contributed by atoms with Crippen molar-refractivity contribution in [3.8, 4) is 30.5 Å². The number of rotatable bonds is 4.